The Labute approximate surface area is 614 Å². The molecule has 0 spiro atoms. The normalized spacial score (nSPS) is 13.3. The van der Waals surface area contributed by atoms with Crippen LogP contribution < -0.4 is 9.59 Å². The van der Waals surface area contributed by atoms with Gasteiger partial charge < -0.3 is 58.7 Å². The van der Waals surface area contributed by atoms with Crippen LogP contribution in [0.1, 0.15) is 81.3 Å². The second-order valence-corrected chi connectivity index (χ2v) is 29.2. The molecule has 18 aromatic heterocycles. The third-order valence-electron chi connectivity index (χ3n) is 24.1. The lowest BCUT2D eigenvalue weighted by atomic mass is 10.1. The van der Waals surface area contributed by atoms with Gasteiger partial charge in [-0.15, -0.1) is 0 Å². The Morgan fingerprint density at radius 1 is 0.314 bits per heavy atom. The van der Waals surface area contributed by atoms with Crippen LogP contribution >= 0.6 is 0 Å². The molecule has 2 aliphatic rings. The standard InChI is InChI=1S/C13H14N2.C13H15N2.5C13H14N2/c1-9-10(2)14(3)13-11(9)8-15-7-5-4-6-12(13)15;1-9-10(2)14(3)12-8-15-7-5-4-6-11(15)13(9)12;2*1-9-10(2)14(3)12-8-11-6-4-5-7-15(11)13(9)12;2*1-9-10(2)14(3)13-12(9)8-11-6-4-5-7-15(11)13;1-9-8-15-12-7-5-4-6-11(12)14(3)13(15)10(9)2/h4-8H,1-3H3;4-8,12H,1-3H3;5*4-8H,1-3H3/q;+1;;;;;. The smallest absolute Gasteiger partial charge is 0.216 e. The molecular weight excluding hydrogens is 1290 g/mol. The van der Waals surface area contributed by atoms with Gasteiger partial charge in [-0.3, -0.25) is 0 Å². The molecule has 1 aromatic carbocycles. The van der Waals surface area contributed by atoms with Crippen molar-refractivity contribution in [1.29, 1.82) is 0 Å². The molecule has 20 heterocycles. The minimum absolute atomic E-state index is 0.437. The van der Waals surface area contributed by atoms with Crippen molar-refractivity contribution in [3.63, 3.8) is 0 Å². The van der Waals surface area contributed by atoms with E-state index in [1.807, 2.05) is 0 Å². The minimum atomic E-state index is 0.437. The molecule has 21 rings (SSSR count). The van der Waals surface area contributed by atoms with Gasteiger partial charge in [0, 0.05) is 177 Å². The van der Waals surface area contributed by atoms with Crippen LogP contribution in [-0.2, 0) is 42.3 Å². The number of allylic oxidation sites excluding steroid dienone is 1. The van der Waals surface area contributed by atoms with Gasteiger partial charge in [0.1, 0.15) is 23.0 Å². The van der Waals surface area contributed by atoms with E-state index in [1.54, 1.807) is 0 Å². The molecule has 2 aliphatic heterocycles. The Bertz CT molecular complexity index is 6110. The fourth-order valence-corrected chi connectivity index (χ4v) is 16.6. The van der Waals surface area contributed by atoms with Gasteiger partial charge in [0.15, 0.2) is 12.4 Å². The van der Waals surface area contributed by atoms with Gasteiger partial charge in [0.05, 0.1) is 49.7 Å². The number of aromatic nitrogens is 13. The largest absolute Gasteiger partial charge is 0.362 e. The van der Waals surface area contributed by atoms with E-state index in [4.69, 9.17) is 0 Å². The highest BCUT2D eigenvalue weighted by Gasteiger charge is 2.36. The molecule has 0 saturated heterocycles. The van der Waals surface area contributed by atoms with Crippen LogP contribution in [0.15, 0.2) is 219 Å². The summed E-state index contributed by atoms with van der Waals surface area (Å²) < 4.78 is 29.3. The Hall–Kier alpha value is -11.8. The molecule has 14 nitrogen and oxygen atoms in total. The monoisotopic (exact) mass is 1390 g/mol. The number of imidazole rings is 1. The highest BCUT2D eigenvalue weighted by Crippen LogP contribution is 2.35. The van der Waals surface area contributed by atoms with Gasteiger partial charge in [-0.2, -0.15) is 4.24 Å². The van der Waals surface area contributed by atoms with Gasteiger partial charge in [-0.25, -0.2) is 0 Å². The van der Waals surface area contributed by atoms with E-state index >= 15 is 0 Å². The maximum atomic E-state index is 2.34. The lowest BCUT2D eigenvalue weighted by molar-refractivity contribution is -0.522. The molecule has 0 aliphatic carbocycles. The summed E-state index contributed by atoms with van der Waals surface area (Å²) in [5.41, 5.74) is 40.1. The Morgan fingerprint density at radius 2 is 0.743 bits per heavy atom. The molecule has 105 heavy (non-hydrogen) atoms. The molecule has 0 amide bonds. The summed E-state index contributed by atoms with van der Waals surface area (Å²) in [6, 6.07) is 55.9. The number of aryl methyl sites for hydroxylation is 13. The molecule has 0 radical (unpaired) electrons. The topological polar surface area (TPSA) is 65.2 Å². The van der Waals surface area contributed by atoms with Gasteiger partial charge >= 0.3 is 0 Å². The van der Waals surface area contributed by atoms with E-state index in [1.165, 1.54) is 189 Å². The molecular formula is C91H99N14+. The van der Waals surface area contributed by atoms with E-state index in [0.717, 1.165) is 0 Å². The first-order chi connectivity index (χ1) is 50.4. The van der Waals surface area contributed by atoms with Gasteiger partial charge in [0.2, 0.25) is 5.35 Å². The molecule has 1 unspecified atom stereocenters. The van der Waals surface area contributed by atoms with E-state index < -0.39 is 0 Å². The highest BCUT2D eigenvalue weighted by molar-refractivity contribution is 5.98. The average Bonchev–Trinajstić information content (AvgIpc) is 1.60. The van der Waals surface area contributed by atoms with Crippen molar-refractivity contribution in [3.05, 3.63) is 298 Å². The van der Waals surface area contributed by atoms with Crippen molar-refractivity contribution in [2.75, 3.05) is 7.05 Å². The van der Waals surface area contributed by atoms with Crippen molar-refractivity contribution >= 4 is 105 Å². The molecule has 0 bridgehead atoms. The minimum Gasteiger partial charge on any atom is -0.362 e. The van der Waals surface area contributed by atoms with Crippen LogP contribution in [0.2, 0.25) is 0 Å². The van der Waals surface area contributed by atoms with Crippen molar-refractivity contribution < 1.29 is 4.24 Å². The third kappa shape index (κ3) is 11.0. The van der Waals surface area contributed by atoms with Crippen molar-refractivity contribution in [2.45, 2.75) is 103 Å². The molecule has 532 valence electrons. The summed E-state index contributed by atoms with van der Waals surface area (Å²) in [7, 11) is 14.9. The van der Waals surface area contributed by atoms with Gasteiger partial charge in [-0.05, 0) is 245 Å². The predicted octanol–water partition coefficient (Wildman–Crippen LogP) is 19.0. The fraction of sp³-hybridized carbons (Fsp3) is 0.242. The average molecular weight is 1390 g/mol. The zero-order chi connectivity index (χ0) is 74.0. The number of benzene rings is 1. The van der Waals surface area contributed by atoms with E-state index in [2.05, 4.69) is 423 Å². The van der Waals surface area contributed by atoms with Gasteiger partial charge in [0.25, 0.3) is 0 Å². The Kier molecular flexibility index (Phi) is 17.4. The molecule has 0 fully saturated rings. The number of rotatable bonds is 0. The number of hydrogen-bond acceptors (Lipinski definition) is 1. The number of pyridine rings is 6. The lowest BCUT2D eigenvalue weighted by Crippen LogP contribution is -2.34. The molecule has 0 N–H and O–H groups in total. The van der Waals surface area contributed by atoms with E-state index in [-0.39, 0.29) is 0 Å². The fourth-order valence-electron chi connectivity index (χ4n) is 16.6. The quantitative estimate of drug-likeness (QED) is 0.140. The molecule has 19 aromatic rings. The second-order valence-electron chi connectivity index (χ2n) is 29.2. The third-order valence-corrected chi connectivity index (χ3v) is 24.1. The number of fused-ring (bicyclic) bond motifs is 20. The van der Waals surface area contributed by atoms with Crippen molar-refractivity contribution in [3.8, 4) is 0 Å². The van der Waals surface area contributed by atoms with E-state index in [0.29, 0.717) is 6.04 Å². The molecule has 1 atom stereocenters. The van der Waals surface area contributed by atoms with Crippen LogP contribution in [0, 0.1) is 89.3 Å². The first-order valence-electron chi connectivity index (χ1n) is 36.6. The SMILES string of the molecule is CC1=C(C)N(C)C2C=[n+]3ccccc3=C12.Cc1c(C)n(C)c2c1cc1ccccn12.Cc1c(C)n(C)c2c1cc1ccccn12.Cc1c(C)n(C)c2c1cn1ccccc21.Cc1c(C)n(C)c2cc3ccccn3c12.Cc1c(C)n(C)c2cc3ccccn3c12.Cc1cn2c3ccccc3n(C)c2c1C. The summed E-state index contributed by atoms with van der Waals surface area (Å²) in [5.74, 6) is 0. The highest BCUT2D eigenvalue weighted by atomic mass is 15.2. The molecule has 0 saturated carbocycles. The predicted molar refractivity (Wildman–Crippen MR) is 439 cm³/mol. The summed E-state index contributed by atoms with van der Waals surface area (Å²) in [4.78, 5) is 2.34. The molecule has 14 heteroatoms. The van der Waals surface area contributed by atoms with Gasteiger partial charge in [-0.1, -0.05) is 42.5 Å². The maximum Gasteiger partial charge on any atom is 0.216 e. The first kappa shape index (κ1) is 69.0. The zero-order valence-corrected chi connectivity index (χ0v) is 65.0. The Morgan fingerprint density at radius 3 is 1.28 bits per heavy atom. The van der Waals surface area contributed by atoms with Crippen molar-refractivity contribution in [2.24, 2.45) is 42.3 Å². The van der Waals surface area contributed by atoms with Crippen molar-refractivity contribution in [1.82, 2.24) is 58.7 Å². The number of hydrogen-bond donors (Lipinski definition) is 0. The maximum absolute atomic E-state index is 2.34. The Balaban J connectivity index is 0.0000000983. The summed E-state index contributed by atoms with van der Waals surface area (Å²) >= 11 is 0. The van der Waals surface area contributed by atoms with E-state index in [9.17, 15) is 0 Å². The van der Waals surface area contributed by atoms with Crippen LogP contribution in [0.4, 0.5) is 0 Å². The number of para-hydroxylation sites is 2. The lowest BCUT2D eigenvalue weighted by Gasteiger charge is -2.16. The van der Waals surface area contributed by atoms with Crippen LogP contribution in [0.3, 0.4) is 0 Å². The number of nitrogens with zero attached hydrogens (tertiary/aromatic N) is 14. The first-order valence-corrected chi connectivity index (χ1v) is 36.6. The van der Waals surface area contributed by atoms with Crippen LogP contribution in [0.5, 0.6) is 0 Å². The van der Waals surface area contributed by atoms with Crippen LogP contribution in [-0.4, -0.2) is 71.8 Å². The second kappa shape index (κ2) is 26.5. The summed E-state index contributed by atoms with van der Waals surface area (Å²) in [6.07, 6.45) is 19.4. The zero-order valence-electron chi connectivity index (χ0n) is 65.0. The summed E-state index contributed by atoms with van der Waals surface area (Å²) in [6.45, 7) is 30.6. The van der Waals surface area contributed by atoms with Crippen LogP contribution in [0.25, 0.3) is 105 Å². The summed E-state index contributed by atoms with van der Waals surface area (Å²) in [5, 5.41) is 5.42.